The van der Waals surface area contributed by atoms with Crippen LogP contribution in [0.15, 0.2) is 78.0 Å². The first-order valence-electron chi connectivity index (χ1n) is 23.9. The van der Waals surface area contributed by atoms with Crippen LogP contribution in [0, 0.1) is 17.8 Å². The Morgan fingerprint density at radius 3 is 2.52 bits per heavy atom. The molecule has 3 N–H and O–H groups in total. The predicted molar refractivity (Wildman–Crippen MR) is 244 cm³/mol. The van der Waals surface area contributed by atoms with Gasteiger partial charge in [-0.05, 0) is 79.7 Å². The second-order valence-electron chi connectivity index (χ2n) is 17.5. The molecular formula is C50H71N3O12. The number of amides is 1. The standard InChI is InChI=1S/C50H71N3O12/c1-2-26-63-50-45(53(22-28-58-30-25-56)49(57)62-32-31-59-36-37-12-4-3-5-13-37)35-43(51-65-46-16-8-11-27-61-46)41-33-38(14-6-9-23-54)40(15-7-10-24-55)47(48(41)50)42-34-39(17-18-44(42)64-50)60-29-21-52-19-20-52/h2-5,12-13,17-18,33-34,38,40,45-48,54-56H,1,6-11,14-16,19-32,35-36H2/t38-,40+,45-,46?,47+,48+,50+/m0/s1. The summed E-state index contributed by atoms with van der Waals surface area (Å²) in [6.07, 6.45) is 10.3. The van der Waals surface area contributed by atoms with E-state index in [1.165, 1.54) is 0 Å². The lowest BCUT2D eigenvalue weighted by molar-refractivity contribution is -0.256. The van der Waals surface area contributed by atoms with Gasteiger partial charge in [0.25, 0.3) is 0 Å². The van der Waals surface area contributed by atoms with Gasteiger partial charge in [-0.3, -0.25) is 9.80 Å². The smallest absolute Gasteiger partial charge is 0.410 e. The van der Waals surface area contributed by atoms with E-state index in [0.29, 0.717) is 50.5 Å². The van der Waals surface area contributed by atoms with Crippen LogP contribution in [0.4, 0.5) is 4.79 Å². The van der Waals surface area contributed by atoms with Crippen LogP contribution >= 0.6 is 0 Å². The van der Waals surface area contributed by atoms with Crippen molar-refractivity contribution in [1.82, 2.24) is 9.80 Å². The number of carbonyl (C=O) groups excluding carboxylic acids is 1. The van der Waals surface area contributed by atoms with Crippen molar-refractivity contribution in [2.24, 2.45) is 22.9 Å². The van der Waals surface area contributed by atoms with Gasteiger partial charge in [0, 0.05) is 63.7 Å². The zero-order chi connectivity index (χ0) is 45.3. The minimum absolute atomic E-state index is 0.000139. The van der Waals surface area contributed by atoms with Crippen molar-refractivity contribution in [3.63, 3.8) is 0 Å². The number of hydrogen-bond donors (Lipinski definition) is 3. The van der Waals surface area contributed by atoms with Crippen LogP contribution in [0.5, 0.6) is 11.5 Å². The molecule has 5 aliphatic rings. The third kappa shape index (κ3) is 12.9. The lowest BCUT2D eigenvalue weighted by atomic mass is 9.55. The highest BCUT2D eigenvalue weighted by Gasteiger charge is 2.65. The molecule has 0 radical (unpaired) electrons. The Kier molecular flexibility index (Phi) is 18.9. The summed E-state index contributed by atoms with van der Waals surface area (Å²) in [4.78, 5) is 24.9. The molecule has 3 heterocycles. The van der Waals surface area contributed by atoms with Crippen molar-refractivity contribution in [2.75, 3.05) is 92.2 Å². The van der Waals surface area contributed by atoms with Gasteiger partial charge in [-0.25, -0.2) is 4.79 Å². The summed E-state index contributed by atoms with van der Waals surface area (Å²) in [5.74, 6) is -0.705. The van der Waals surface area contributed by atoms with Gasteiger partial charge in [0.05, 0.1) is 57.9 Å². The molecule has 2 saturated heterocycles. The van der Waals surface area contributed by atoms with E-state index in [1.54, 1.807) is 11.0 Å². The first kappa shape index (κ1) is 48.9. The summed E-state index contributed by atoms with van der Waals surface area (Å²) in [6, 6.07) is 15.0. The molecule has 1 saturated carbocycles. The van der Waals surface area contributed by atoms with Crippen LogP contribution in [-0.2, 0) is 35.1 Å². The fraction of sp³-hybridized carbons (Fsp3) is 0.640. The molecule has 2 aromatic rings. The van der Waals surface area contributed by atoms with Crippen molar-refractivity contribution in [3.05, 3.63) is 84.0 Å². The molecule has 15 nitrogen and oxygen atoms in total. The van der Waals surface area contributed by atoms with E-state index >= 15 is 0 Å². The first-order chi connectivity index (χ1) is 32.0. The molecule has 65 heavy (non-hydrogen) atoms. The van der Waals surface area contributed by atoms with E-state index in [1.807, 2.05) is 42.5 Å². The largest absolute Gasteiger partial charge is 0.492 e. The highest BCUT2D eigenvalue weighted by molar-refractivity contribution is 6.03. The van der Waals surface area contributed by atoms with Crippen LogP contribution < -0.4 is 9.47 Å². The van der Waals surface area contributed by atoms with Gasteiger partial charge in [0.2, 0.25) is 12.1 Å². The van der Waals surface area contributed by atoms with Gasteiger partial charge < -0.3 is 53.3 Å². The molecule has 2 aromatic carbocycles. The molecule has 7 rings (SSSR count). The van der Waals surface area contributed by atoms with E-state index < -0.39 is 30.1 Å². The van der Waals surface area contributed by atoms with E-state index in [-0.39, 0.29) is 83.6 Å². The number of oxime groups is 1. The number of hydrogen-bond acceptors (Lipinski definition) is 14. The SMILES string of the molecule is C=CCO[C@@]12Oc3ccc(OCCN4CC4)cc3[C@H]3[C@H](CCCCO)[C@@H](CCCCO)C=C(C(=NOC4CCCCO4)C[C@@H]1N(CCOCCO)C(=O)OCCOCc1ccccc1)[C@H]32. The van der Waals surface area contributed by atoms with Crippen molar-refractivity contribution in [1.29, 1.82) is 0 Å². The summed E-state index contributed by atoms with van der Waals surface area (Å²) in [6.45, 7) is 9.19. The minimum atomic E-state index is -1.48. The Hall–Kier alpha value is -4.06. The number of unbranched alkanes of at least 4 members (excludes halogenated alkanes) is 2. The number of aliphatic hydroxyl groups excluding tert-OH is 3. The number of nitrogens with zero attached hydrogens (tertiary/aromatic N) is 3. The molecule has 7 atom stereocenters. The van der Waals surface area contributed by atoms with Crippen molar-refractivity contribution < 1.29 is 58.1 Å². The van der Waals surface area contributed by atoms with Crippen LogP contribution in [0.1, 0.15) is 81.3 Å². The molecule has 2 aliphatic carbocycles. The first-order valence-corrected chi connectivity index (χ1v) is 23.9. The molecule has 0 spiro atoms. The maximum absolute atomic E-state index is 14.7. The second-order valence-corrected chi connectivity index (χ2v) is 17.5. The van der Waals surface area contributed by atoms with Crippen molar-refractivity contribution in [2.45, 2.75) is 94.9 Å². The highest BCUT2D eigenvalue weighted by Crippen LogP contribution is 2.62. The number of aliphatic hydroxyl groups is 3. The van der Waals surface area contributed by atoms with E-state index in [9.17, 15) is 20.1 Å². The van der Waals surface area contributed by atoms with Crippen LogP contribution in [0.3, 0.4) is 0 Å². The molecule has 0 bridgehead atoms. The van der Waals surface area contributed by atoms with Gasteiger partial charge in [-0.1, -0.05) is 60.5 Å². The van der Waals surface area contributed by atoms with E-state index in [4.69, 9.17) is 43.2 Å². The summed E-state index contributed by atoms with van der Waals surface area (Å²) in [5.41, 5.74) is 3.59. The summed E-state index contributed by atoms with van der Waals surface area (Å²) < 4.78 is 44.6. The number of fused-ring (bicyclic) bond motifs is 2. The summed E-state index contributed by atoms with van der Waals surface area (Å²) in [7, 11) is 0. The van der Waals surface area contributed by atoms with Gasteiger partial charge in [0.1, 0.15) is 30.8 Å². The second kappa shape index (κ2) is 25.2. The predicted octanol–water partition coefficient (Wildman–Crippen LogP) is 6.21. The molecule has 3 fully saturated rings. The van der Waals surface area contributed by atoms with E-state index in [2.05, 4.69) is 23.6 Å². The van der Waals surface area contributed by atoms with Crippen LogP contribution in [0.2, 0.25) is 0 Å². The average Bonchev–Trinajstić information content (AvgIpc) is 4.17. The number of carbonyl (C=O) groups is 1. The molecule has 3 aliphatic heterocycles. The zero-order valence-corrected chi connectivity index (χ0v) is 38.0. The Labute approximate surface area is 384 Å². The molecule has 1 amide bonds. The third-order valence-electron chi connectivity index (χ3n) is 13.2. The molecule has 0 aromatic heterocycles. The Morgan fingerprint density at radius 1 is 0.938 bits per heavy atom. The van der Waals surface area contributed by atoms with E-state index in [0.717, 1.165) is 80.6 Å². The van der Waals surface area contributed by atoms with Crippen LogP contribution in [0.25, 0.3) is 0 Å². The lowest BCUT2D eigenvalue weighted by Gasteiger charge is -2.59. The summed E-state index contributed by atoms with van der Waals surface area (Å²) >= 11 is 0. The quantitative estimate of drug-likeness (QED) is 0.0382. The molecule has 1 unspecified atom stereocenters. The Balaban J connectivity index is 1.33. The average molecular weight is 906 g/mol. The van der Waals surface area contributed by atoms with Crippen molar-refractivity contribution >= 4 is 11.8 Å². The third-order valence-corrected chi connectivity index (χ3v) is 13.2. The molecular weight excluding hydrogens is 835 g/mol. The van der Waals surface area contributed by atoms with Gasteiger partial charge in [-0.15, -0.1) is 6.58 Å². The molecule has 358 valence electrons. The van der Waals surface area contributed by atoms with Crippen LogP contribution in [-0.4, -0.2) is 147 Å². The van der Waals surface area contributed by atoms with Gasteiger partial charge in [-0.2, -0.15) is 0 Å². The Morgan fingerprint density at radius 2 is 1.77 bits per heavy atom. The fourth-order valence-corrected chi connectivity index (χ4v) is 9.98. The number of benzene rings is 2. The van der Waals surface area contributed by atoms with Crippen molar-refractivity contribution in [3.8, 4) is 11.5 Å². The minimum Gasteiger partial charge on any atom is -0.492 e. The summed E-state index contributed by atoms with van der Waals surface area (Å²) in [5, 5.41) is 34.5. The molecule has 15 heteroatoms. The highest BCUT2D eigenvalue weighted by atomic mass is 16.8. The number of allylic oxidation sites excluding steroid dienone is 1. The zero-order valence-electron chi connectivity index (χ0n) is 38.0. The number of ether oxygens (including phenoxy) is 7. The fourth-order valence-electron chi connectivity index (χ4n) is 9.98. The maximum atomic E-state index is 14.7. The number of rotatable bonds is 28. The maximum Gasteiger partial charge on any atom is 0.410 e. The Bertz CT molecular complexity index is 1840. The monoisotopic (exact) mass is 906 g/mol. The van der Waals surface area contributed by atoms with Gasteiger partial charge in [0.15, 0.2) is 0 Å². The lowest BCUT2D eigenvalue weighted by Crippen LogP contribution is -2.70. The van der Waals surface area contributed by atoms with Gasteiger partial charge >= 0.3 is 6.09 Å². The topological polar surface area (TPSA) is 170 Å². The normalized spacial score (nSPS) is 26.3.